The Bertz CT molecular complexity index is 1120. The maximum Gasteiger partial charge on any atom is 0.410 e. The van der Waals surface area contributed by atoms with E-state index in [1.54, 1.807) is 0 Å². The third-order valence-corrected chi connectivity index (χ3v) is 12.0. The Morgan fingerprint density at radius 3 is 2.38 bits per heavy atom. The molecule has 10 heteroatoms. The molecule has 0 unspecified atom stereocenters. The number of nitrogens with zero attached hydrogens (tertiary/aromatic N) is 1. The van der Waals surface area contributed by atoms with Crippen molar-refractivity contribution in [2.24, 2.45) is 28.6 Å². The van der Waals surface area contributed by atoms with E-state index in [1.165, 1.54) is 17.9 Å². The molecule has 222 valence electrons. The van der Waals surface area contributed by atoms with Gasteiger partial charge in [0.05, 0.1) is 17.3 Å². The van der Waals surface area contributed by atoms with Crippen LogP contribution >= 0.6 is 0 Å². The summed E-state index contributed by atoms with van der Waals surface area (Å²) in [6, 6.07) is 0. The van der Waals surface area contributed by atoms with Gasteiger partial charge in [-0.3, -0.25) is 4.79 Å². The number of cyclic esters (lactones) is 1. The van der Waals surface area contributed by atoms with Crippen molar-refractivity contribution in [1.82, 2.24) is 4.90 Å². The van der Waals surface area contributed by atoms with E-state index in [1.807, 2.05) is 0 Å². The number of likely N-dealkylation sites (tertiary alicyclic amines) is 1. The van der Waals surface area contributed by atoms with E-state index < -0.39 is 58.4 Å². The number of esters is 2. The molecule has 1 saturated heterocycles. The van der Waals surface area contributed by atoms with Crippen LogP contribution in [-0.2, 0) is 23.8 Å². The summed E-state index contributed by atoms with van der Waals surface area (Å²) in [5, 5.41) is 34.5. The van der Waals surface area contributed by atoms with Gasteiger partial charge in [0.15, 0.2) is 0 Å². The third-order valence-electron chi connectivity index (χ3n) is 12.0. The summed E-state index contributed by atoms with van der Waals surface area (Å²) in [5.41, 5.74) is -2.49. The highest BCUT2D eigenvalue weighted by Crippen LogP contribution is 2.71. The molecule has 1 amide bonds. The van der Waals surface area contributed by atoms with Crippen molar-refractivity contribution in [3.8, 4) is 0 Å². The number of hydrogen-bond acceptors (Lipinski definition) is 9. The highest BCUT2D eigenvalue weighted by Gasteiger charge is 2.72. The monoisotopic (exact) mass is 561 g/mol. The smallest absolute Gasteiger partial charge is 0.410 e. The van der Waals surface area contributed by atoms with E-state index in [0.717, 1.165) is 12.0 Å². The molecule has 3 N–H and O–H groups in total. The van der Waals surface area contributed by atoms with Gasteiger partial charge in [0.1, 0.15) is 18.8 Å². The molecule has 0 aromatic rings. The van der Waals surface area contributed by atoms with Crippen LogP contribution in [0.2, 0.25) is 0 Å². The first-order chi connectivity index (χ1) is 18.8. The van der Waals surface area contributed by atoms with Gasteiger partial charge in [0, 0.05) is 50.3 Å². The lowest BCUT2D eigenvalue weighted by molar-refractivity contribution is -0.255. The van der Waals surface area contributed by atoms with Gasteiger partial charge >= 0.3 is 18.0 Å². The van der Waals surface area contributed by atoms with Crippen molar-refractivity contribution in [3.05, 3.63) is 11.6 Å². The predicted octanol–water partition coefficient (Wildman–Crippen LogP) is 2.47. The quantitative estimate of drug-likeness (QED) is 0.350. The largest absolute Gasteiger partial charge is 0.462 e. The molecule has 0 aromatic carbocycles. The first kappa shape index (κ1) is 28.0. The maximum atomic E-state index is 12.7. The number of carbonyl (C=O) groups is 3. The summed E-state index contributed by atoms with van der Waals surface area (Å²) >= 11 is 0. The summed E-state index contributed by atoms with van der Waals surface area (Å²) < 4.78 is 16.9. The second-order valence-electron chi connectivity index (χ2n) is 13.9. The first-order valence-electron chi connectivity index (χ1n) is 14.9. The van der Waals surface area contributed by atoms with Gasteiger partial charge in [-0.25, -0.2) is 9.59 Å². The molecule has 2 heterocycles. The number of aliphatic hydroxyl groups excluding tert-OH is 1. The van der Waals surface area contributed by atoms with Crippen molar-refractivity contribution >= 4 is 18.0 Å². The molecule has 0 aromatic heterocycles. The van der Waals surface area contributed by atoms with Crippen LogP contribution in [0, 0.1) is 28.6 Å². The molecule has 40 heavy (non-hydrogen) atoms. The molecule has 10 atom stereocenters. The van der Waals surface area contributed by atoms with Crippen LogP contribution in [0.25, 0.3) is 0 Å². The maximum absolute atomic E-state index is 12.7. The molecule has 6 rings (SSSR count). The molecule has 6 aliphatic rings. The first-order valence-corrected chi connectivity index (χ1v) is 14.9. The van der Waals surface area contributed by atoms with E-state index in [4.69, 9.17) is 14.2 Å². The Kier molecular flexibility index (Phi) is 6.59. The average Bonchev–Trinajstić information content (AvgIpc) is 3.55. The average molecular weight is 562 g/mol. The molecular formula is C30H43NO9. The van der Waals surface area contributed by atoms with Gasteiger partial charge in [-0.1, -0.05) is 13.8 Å². The van der Waals surface area contributed by atoms with Gasteiger partial charge in [-0.05, 0) is 67.8 Å². The van der Waals surface area contributed by atoms with Crippen molar-refractivity contribution in [1.29, 1.82) is 0 Å². The molecule has 4 saturated carbocycles. The standard InChI is InChI=1S/C30H43NO9/c1-17(32)39-23-14-30(37)22-6-10-29(36)13-20(40-26(35)31-11-7-19(33)15-31)4-8-27(29,2)21(22)5-9-28(30,3)25(23)18-12-24(34)38-16-18/h12,19-23,25,33,36-37H,4-11,13-16H2,1-3H3/t19-,20+,21+,22-,23+,25+,27-,28-,29+,30+/m1/s1. The molecule has 4 aliphatic carbocycles. The van der Waals surface area contributed by atoms with Crippen LogP contribution < -0.4 is 0 Å². The molecular weight excluding hydrogens is 518 g/mol. The van der Waals surface area contributed by atoms with E-state index in [9.17, 15) is 29.7 Å². The number of rotatable bonds is 3. The number of ether oxygens (including phenoxy) is 3. The van der Waals surface area contributed by atoms with Gasteiger partial charge in [0.2, 0.25) is 0 Å². The minimum atomic E-state index is -1.14. The Morgan fingerprint density at radius 2 is 1.73 bits per heavy atom. The molecule has 10 nitrogen and oxygen atoms in total. The van der Waals surface area contributed by atoms with Gasteiger partial charge in [-0.2, -0.15) is 0 Å². The van der Waals surface area contributed by atoms with E-state index >= 15 is 0 Å². The van der Waals surface area contributed by atoms with Crippen molar-refractivity contribution < 1.29 is 43.9 Å². The van der Waals surface area contributed by atoms with Gasteiger partial charge < -0.3 is 34.4 Å². The molecule has 5 fully saturated rings. The summed E-state index contributed by atoms with van der Waals surface area (Å²) in [5.74, 6) is -1.20. The third kappa shape index (κ3) is 4.03. The summed E-state index contributed by atoms with van der Waals surface area (Å²) in [6.07, 6.45) is 4.64. The molecule has 0 bridgehead atoms. The fourth-order valence-electron chi connectivity index (χ4n) is 9.96. The SMILES string of the molecule is CC(=O)O[C@H]1C[C@]2(O)[C@@H]3CC[C@]4(O)C[C@@H](OC(=O)N5CC[C@@H](O)C5)CC[C@]4(C)[C@H]3CC[C@]2(C)[C@H]1C1=CC(=O)OC1. The van der Waals surface area contributed by atoms with Crippen LogP contribution in [0.5, 0.6) is 0 Å². The van der Waals surface area contributed by atoms with Gasteiger partial charge in [-0.15, -0.1) is 0 Å². The second kappa shape index (κ2) is 9.42. The molecule has 2 aliphatic heterocycles. The Balaban J connectivity index is 1.24. The van der Waals surface area contributed by atoms with Crippen LogP contribution in [-0.4, -0.2) is 87.5 Å². The minimum Gasteiger partial charge on any atom is -0.462 e. The predicted molar refractivity (Wildman–Crippen MR) is 141 cm³/mol. The number of amides is 1. The zero-order valence-corrected chi connectivity index (χ0v) is 23.8. The highest BCUT2D eigenvalue weighted by atomic mass is 16.6. The van der Waals surface area contributed by atoms with E-state index in [2.05, 4.69) is 13.8 Å². The van der Waals surface area contributed by atoms with Crippen LogP contribution in [0.1, 0.15) is 78.6 Å². The van der Waals surface area contributed by atoms with Crippen LogP contribution in [0.4, 0.5) is 4.79 Å². The van der Waals surface area contributed by atoms with E-state index in [0.29, 0.717) is 51.5 Å². The normalized spacial score (nSPS) is 48.0. The fourth-order valence-corrected chi connectivity index (χ4v) is 9.96. The Morgan fingerprint density at radius 1 is 1.00 bits per heavy atom. The van der Waals surface area contributed by atoms with Crippen molar-refractivity contribution in [2.75, 3.05) is 19.7 Å². The summed E-state index contributed by atoms with van der Waals surface area (Å²) in [7, 11) is 0. The number of β-amino-alcohol motifs (C(OH)–C–C–N with tert-alkyl or cyclic N) is 1. The fraction of sp³-hybridized carbons (Fsp3) is 0.833. The van der Waals surface area contributed by atoms with E-state index in [-0.39, 0.29) is 37.3 Å². The Hall–Kier alpha value is -2.17. The summed E-state index contributed by atoms with van der Waals surface area (Å²) in [4.78, 5) is 38.3. The lowest BCUT2D eigenvalue weighted by Gasteiger charge is -2.66. The number of hydrogen-bond donors (Lipinski definition) is 3. The summed E-state index contributed by atoms with van der Waals surface area (Å²) in [6.45, 7) is 6.47. The second-order valence-corrected chi connectivity index (χ2v) is 13.9. The zero-order valence-electron chi connectivity index (χ0n) is 23.8. The number of fused-ring (bicyclic) bond motifs is 5. The van der Waals surface area contributed by atoms with Crippen molar-refractivity contribution in [2.45, 2.75) is 108 Å². The number of aliphatic hydroxyl groups is 3. The number of carbonyl (C=O) groups excluding carboxylic acids is 3. The van der Waals surface area contributed by atoms with Gasteiger partial charge in [0.25, 0.3) is 0 Å². The lowest BCUT2D eigenvalue weighted by Crippen LogP contribution is -2.67. The minimum absolute atomic E-state index is 0.0434. The molecule has 0 radical (unpaired) electrons. The van der Waals surface area contributed by atoms with Crippen molar-refractivity contribution in [3.63, 3.8) is 0 Å². The van der Waals surface area contributed by atoms with Crippen LogP contribution in [0.3, 0.4) is 0 Å². The highest BCUT2D eigenvalue weighted by molar-refractivity contribution is 5.85. The Labute approximate surface area is 235 Å². The topological polar surface area (TPSA) is 143 Å². The lowest BCUT2D eigenvalue weighted by atomic mass is 9.42. The molecule has 0 spiro atoms. The zero-order chi connectivity index (χ0) is 28.7. The van der Waals surface area contributed by atoms with Crippen LogP contribution in [0.15, 0.2) is 11.6 Å².